The molecule has 1 atom stereocenters. The number of piperazine rings is 1. The number of carbonyl (C=O) groups excluding carboxylic acids is 1. The van der Waals surface area contributed by atoms with E-state index < -0.39 is 5.97 Å². The van der Waals surface area contributed by atoms with Gasteiger partial charge in [-0.2, -0.15) is 0 Å². The van der Waals surface area contributed by atoms with Crippen LogP contribution in [0.2, 0.25) is 0 Å². The second-order valence-corrected chi connectivity index (χ2v) is 6.79. The van der Waals surface area contributed by atoms with Crippen molar-refractivity contribution >= 4 is 12.0 Å². The first-order valence-corrected chi connectivity index (χ1v) is 8.81. The summed E-state index contributed by atoms with van der Waals surface area (Å²) in [6.45, 7) is 3.90. The number of rotatable bonds is 4. The van der Waals surface area contributed by atoms with Crippen LogP contribution in [0.4, 0.5) is 4.79 Å². The number of aromatic carboxylic acids is 1. The predicted octanol–water partition coefficient (Wildman–Crippen LogP) is 2.26. The number of fused-ring (bicyclic) bond motifs is 1. The number of urea groups is 1. The molecule has 0 aliphatic carbocycles. The maximum atomic E-state index is 12.5. The summed E-state index contributed by atoms with van der Waals surface area (Å²) in [5, 5.41) is 12.3. The molecule has 0 spiro atoms. The number of hydrogen-bond donors (Lipinski definition) is 2. The van der Waals surface area contributed by atoms with Gasteiger partial charge >= 0.3 is 12.0 Å². The second-order valence-electron chi connectivity index (χ2n) is 6.79. The zero-order valence-electron chi connectivity index (χ0n) is 14.4. The number of amides is 2. The summed E-state index contributed by atoms with van der Waals surface area (Å²) < 4.78 is 0. The van der Waals surface area contributed by atoms with Crippen LogP contribution in [-0.2, 0) is 6.54 Å². The van der Waals surface area contributed by atoms with Crippen LogP contribution in [0, 0.1) is 0 Å². The molecule has 0 bridgehead atoms. The quantitative estimate of drug-likeness (QED) is 0.886. The molecule has 2 saturated heterocycles. The number of carbonyl (C=O) groups is 2. The van der Waals surface area contributed by atoms with Crippen molar-refractivity contribution in [1.29, 1.82) is 0 Å². The molecule has 2 N–H and O–H groups in total. The van der Waals surface area contributed by atoms with Gasteiger partial charge in [-0.3, -0.25) is 0 Å². The minimum atomic E-state index is -0.923. The molecule has 134 valence electrons. The minimum absolute atomic E-state index is 0.129. The average molecular weight is 351 g/mol. The van der Waals surface area contributed by atoms with Crippen molar-refractivity contribution in [2.24, 2.45) is 0 Å². The first kappa shape index (κ1) is 16.6. The Hall–Kier alpha value is -2.86. The summed E-state index contributed by atoms with van der Waals surface area (Å²) >= 11 is 0. The van der Waals surface area contributed by atoms with Crippen molar-refractivity contribution in [1.82, 2.24) is 15.1 Å². The zero-order chi connectivity index (χ0) is 18.1. The van der Waals surface area contributed by atoms with Crippen LogP contribution >= 0.6 is 0 Å². The Bertz CT molecular complexity index is 817. The minimum Gasteiger partial charge on any atom is -0.478 e. The highest BCUT2D eigenvalue weighted by Gasteiger charge is 2.38. The maximum Gasteiger partial charge on any atom is 0.335 e. The van der Waals surface area contributed by atoms with Crippen LogP contribution in [0.5, 0.6) is 0 Å². The van der Waals surface area contributed by atoms with E-state index in [1.54, 1.807) is 12.1 Å². The lowest BCUT2D eigenvalue weighted by Gasteiger charge is -2.28. The Morgan fingerprint density at radius 3 is 2.35 bits per heavy atom. The summed E-state index contributed by atoms with van der Waals surface area (Å²) in [6, 6.07) is 15.3. The van der Waals surface area contributed by atoms with Crippen molar-refractivity contribution in [2.45, 2.75) is 12.6 Å². The largest absolute Gasteiger partial charge is 0.478 e. The topological polar surface area (TPSA) is 72.9 Å². The summed E-state index contributed by atoms with van der Waals surface area (Å²) in [6.07, 6.45) is 0. The molecule has 0 saturated carbocycles. The van der Waals surface area contributed by atoms with Gasteiger partial charge in [0, 0.05) is 32.7 Å². The summed E-state index contributed by atoms with van der Waals surface area (Å²) in [5.74, 6) is -0.923. The number of nitrogens with zero attached hydrogens (tertiary/aromatic N) is 2. The fourth-order valence-corrected chi connectivity index (χ4v) is 3.65. The number of hydrogen-bond acceptors (Lipinski definition) is 3. The van der Waals surface area contributed by atoms with Gasteiger partial charge in [0.05, 0.1) is 11.6 Å². The Morgan fingerprint density at radius 2 is 1.73 bits per heavy atom. The Morgan fingerprint density at radius 1 is 1.08 bits per heavy atom. The average Bonchev–Trinajstić information content (AvgIpc) is 2.98. The number of nitrogens with one attached hydrogen (secondary N) is 1. The molecule has 2 fully saturated rings. The number of carboxylic acid groups (broad SMARTS) is 1. The standard InChI is InChI=1S/C20H21N3O3/c24-19(25)17-7-5-16(6-8-17)15-3-1-14(2-4-15)12-22-13-18-11-21-9-10-23(18)20(22)26/h1-8,18,21H,9-13H2,(H,24,25)/t18-/m0/s1. The molecule has 0 radical (unpaired) electrons. The van der Waals surface area contributed by atoms with Crippen molar-refractivity contribution < 1.29 is 14.7 Å². The highest BCUT2D eigenvalue weighted by Crippen LogP contribution is 2.23. The lowest BCUT2D eigenvalue weighted by Crippen LogP contribution is -2.49. The molecular formula is C20H21N3O3. The molecule has 0 unspecified atom stereocenters. The van der Waals surface area contributed by atoms with Gasteiger partial charge in [0.2, 0.25) is 0 Å². The Kier molecular flexibility index (Phi) is 4.34. The second kappa shape index (κ2) is 6.80. The molecule has 0 aromatic heterocycles. The van der Waals surface area contributed by atoms with Gasteiger partial charge < -0.3 is 20.2 Å². The van der Waals surface area contributed by atoms with E-state index in [1.165, 1.54) is 0 Å². The highest BCUT2D eigenvalue weighted by atomic mass is 16.4. The molecule has 2 aliphatic heterocycles. The summed E-state index contributed by atoms with van der Waals surface area (Å²) in [5.41, 5.74) is 3.38. The van der Waals surface area contributed by atoms with E-state index in [1.807, 2.05) is 46.2 Å². The Balaban J connectivity index is 1.44. The number of benzene rings is 2. The molecule has 2 heterocycles. The maximum absolute atomic E-state index is 12.5. The Labute approximate surface area is 152 Å². The lowest BCUT2D eigenvalue weighted by molar-refractivity contribution is 0.0697. The third-order valence-corrected chi connectivity index (χ3v) is 5.09. The van der Waals surface area contributed by atoms with Gasteiger partial charge in [-0.15, -0.1) is 0 Å². The van der Waals surface area contributed by atoms with E-state index in [-0.39, 0.29) is 17.6 Å². The van der Waals surface area contributed by atoms with Crippen LogP contribution in [-0.4, -0.2) is 59.1 Å². The first-order chi connectivity index (χ1) is 12.6. The molecule has 4 rings (SSSR count). The fourth-order valence-electron chi connectivity index (χ4n) is 3.65. The summed E-state index contributed by atoms with van der Waals surface area (Å²) in [7, 11) is 0. The van der Waals surface area contributed by atoms with Gasteiger partial charge in [-0.05, 0) is 28.8 Å². The van der Waals surface area contributed by atoms with Crippen LogP contribution < -0.4 is 5.32 Å². The fraction of sp³-hybridized carbons (Fsp3) is 0.300. The molecule has 2 aliphatic rings. The molecule has 2 aromatic rings. The van der Waals surface area contributed by atoms with E-state index in [2.05, 4.69) is 5.32 Å². The number of carboxylic acids is 1. The SMILES string of the molecule is O=C(O)c1ccc(-c2ccc(CN3C[C@@H]4CNCCN4C3=O)cc2)cc1. The highest BCUT2D eigenvalue weighted by molar-refractivity contribution is 5.88. The monoisotopic (exact) mass is 351 g/mol. The van der Waals surface area contributed by atoms with Crippen molar-refractivity contribution in [3.8, 4) is 11.1 Å². The van der Waals surface area contributed by atoms with Gasteiger partial charge in [-0.25, -0.2) is 9.59 Å². The van der Waals surface area contributed by atoms with Crippen molar-refractivity contribution in [3.05, 3.63) is 59.7 Å². The van der Waals surface area contributed by atoms with Gasteiger partial charge in [-0.1, -0.05) is 36.4 Å². The third-order valence-electron chi connectivity index (χ3n) is 5.09. The normalized spacial score (nSPS) is 19.5. The van der Waals surface area contributed by atoms with Gasteiger partial charge in [0.15, 0.2) is 0 Å². The van der Waals surface area contributed by atoms with E-state index in [0.29, 0.717) is 6.54 Å². The van der Waals surface area contributed by atoms with E-state index in [0.717, 1.165) is 42.9 Å². The third kappa shape index (κ3) is 3.15. The van der Waals surface area contributed by atoms with Crippen LogP contribution in [0.3, 0.4) is 0 Å². The summed E-state index contributed by atoms with van der Waals surface area (Å²) in [4.78, 5) is 27.3. The van der Waals surface area contributed by atoms with E-state index in [9.17, 15) is 9.59 Å². The van der Waals surface area contributed by atoms with E-state index >= 15 is 0 Å². The molecule has 2 aromatic carbocycles. The van der Waals surface area contributed by atoms with Gasteiger partial charge in [0.1, 0.15) is 0 Å². The van der Waals surface area contributed by atoms with Crippen molar-refractivity contribution in [3.63, 3.8) is 0 Å². The van der Waals surface area contributed by atoms with Crippen LogP contribution in [0.15, 0.2) is 48.5 Å². The smallest absolute Gasteiger partial charge is 0.335 e. The molecule has 2 amide bonds. The van der Waals surface area contributed by atoms with Crippen molar-refractivity contribution in [2.75, 3.05) is 26.2 Å². The molecular weight excluding hydrogens is 330 g/mol. The van der Waals surface area contributed by atoms with Crippen LogP contribution in [0.1, 0.15) is 15.9 Å². The lowest BCUT2D eigenvalue weighted by atomic mass is 10.0. The van der Waals surface area contributed by atoms with Crippen LogP contribution in [0.25, 0.3) is 11.1 Å². The van der Waals surface area contributed by atoms with E-state index in [4.69, 9.17) is 5.11 Å². The first-order valence-electron chi connectivity index (χ1n) is 8.81. The molecule has 6 nitrogen and oxygen atoms in total. The molecule has 6 heteroatoms. The zero-order valence-corrected chi connectivity index (χ0v) is 14.4. The predicted molar refractivity (Wildman–Crippen MR) is 98.0 cm³/mol. The van der Waals surface area contributed by atoms with Gasteiger partial charge in [0.25, 0.3) is 0 Å². The molecule has 26 heavy (non-hydrogen) atoms.